The van der Waals surface area contributed by atoms with Gasteiger partial charge in [0.2, 0.25) is 6.08 Å². The van der Waals surface area contributed by atoms with Crippen molar-refractivity contribution in [3.63, 3.8) is 0 Å². The van der Waals surface area contributed by atoms with Crippen molar-refractivity contribution < 1.29 is 9.59 Å². The predicted octanol–water partition coefficient (Wildman–Crippen LogP) is 4.25. The van der Waals surface area contributed by atoms with Gasteiger partial charge in [0.15, 0.2) is 0 Å². The first-order valence-corrected chi connectivity index (χ1v) is 10.9. The second-order valence-corrected chi connectivity index (χ2v) is 12.5. The van der Waals surface area contributed by atoms with Crippen LogP contribution in [0.2, 0.25) is 19.6 Å². The van der Waals surface area contributed by atoms with E-state index in [2.05, 4.69) is 25.0 Å². The van der Waals surface area contributed by atoms with Crippen LogP contribution in [0.15, 0.2) is 20.1 Å². The van der Waals surface area contributed by atoms with Gasteiger partial charge < -0.3 is 0 Å². The van der Waals surface area contributed by atoms with Crippen molar-refractivity contribution in [3.8, 4) is 0 Å². The van der Waals surface area contributed by atoms with Crippen LogP contribution < -0.4 is 0 Å². The summed E-state index contributed by atoms with van der Waals surface area (Å²) in [6, 6.07) is 0. The monoisotopic (exact) mass is 355 g/mol. The highest BCUT2D eigenvalue weighted by Crippen LogP contribution is 2.17. The molecule has 1 rings (SSSR count). The smallest absolute Gasteiger partial charge is 0.268 e. The lowest BCUT2D eigenvalue weighted by Gasteiger charge is -2.25. The zero-order valence-corrected chi connectivity index (χ0v) is 17.2. The third kappa shape index (κ3) is 14.9. The Hall–Kier alpha value is -2.02. The number of aliphatic imine (C=N–C) groups is 1. The van der Waals surface area contributed by atoms with E-state index in [1.807, 2.05) is 61.2 Å². The number of carbonyl (C=O) groups excluding carboxylic acids is 2. The Morgan fingerprint density at radius 2 is 1.71 bits per heavy atom. The SMILES string of the molecule is CC(C)(C)N1N=NCC1=O.CC(C)(C)N=C=O.C[Si](C)(C)N=[N+]=[N-]. The molecule has 0 aromatic heterocycles. The summed E-state index contributed by atoms with van der Waals surface area (Å²) in [6.45, 7) is 17.5. The van der Waals surface area contributed by atoms with Gasteiger partial charge in [-0.25, -0.2) is 14.8 Å². The molecule has 0 bridgehead atoms. The lowest BCUT2D eigenvalue weighted by atomic mass is 10.1. The molecule has 0 saturated heterocycles. The number of isocyanates is 1. The Kier molecular flexibility index (Phi) is 10.1. The molecule has 136 valence electrons. The van der Waals surface area contributed by atoms with Gasteiger partial charge in [-0.2, -0.15) is 5.11 Å². The maximum atomic E-state index is 11.0. The summed E-state index contributed by atoms with van der Waals surface area (Å²) in [7, 11) is -1.45. The lowest BCUT2D eigenvalue weighted by Crippen LogP contribution is -2.39. The normalized spacial score (nSPS) is 13.7. The molecule has 0 spiro atoms. The largest absolute Gasteiger partial charge is 0.271 e. The van der Waals surface area contributed by atoms with E-state index in [9.17, 15) is 9.59 Å². The van der Waals surface area contributed by atoms with Gasteiger partial charge in [-0.15, -0.1) is 4.78 Å². The van der Waals surface area contributed by atoms with Gasteiger partial charge in [0.25, 0.3) is 5.91 Å². The molecule has 1 heterocycles. The van der Waals surface area contributed by atoms with E-state index in [-0.39, 0.29) is 23.5 Å². The van der Waals surface area contributed by atoms with Crippen molar-refractivity contribution >= 4 is 20.2 Å². The first-order valence-electron chi connectivity index (χ1n) is 7.50. The molecule has 0 radical (unpaired) electrons. The highest BCUT2D eigenvalue weighted by Gasteiger charge is 2.29. The highest BCUT2D eigenvalue weighted by molar-refractivity contribution is 6.74. The minimum absolute atomic E-state index is 0.0208. The fourth-order valence-corrected chi connectivity index (χ4v) is 1.32. The molecule has 0 N–H and O–H groups in total. The molecule has 24 heavy (non-hydrogen) atoms. The zero-order valence-electron chi connectivity index (χ0n) is 16.2. The summed E-state index contributed by atoms with van der Waals surface area (Å²) in [5.41, 5.74) is 7.42. The predicted molar refractivity (Wildman–Crippen MR) is 96.7 cm³/mol. The number of carbonyl (C=O) groups is 1. The van der Waals surface area contributed by atoms with Crippen molar-refractivity contribution in [2.45, 2.75) is 72.3 Å². The number of nitrogens with zero attached hydrogens (tertiary/aromatic N) is 7. The average molecular weight is 356 g/mol. The Labute approximate surface area is 144 Å². The summed E-state index contributed by atoms with van der Waals surface area (Å²) >= 11 is 0. The second kappa shape index (κ2) is 9.97. The fourth-order valence-electron chi connectivity index (χ4n) is 1.05. The van der Waals surface area contributed by atoms with E-state index in [1.165, 1.54) is 11.1 Å². The van der Waals surface area contributed by atoms with Crippen LogP contribution in [0.25, 0.3) is 10.4 Å². The Morgan fingerprint density at radius 3 is 1.79 bits per heavy atom. The van der Waals surface area contributed by atoms with Gasteiger partial charge in [-0.3, -0.25) is 4.79 Å². The molecule has 0 fully saturated rings. The molecule has 0 unspecified atom stereocenters. The maximum Gasteiger partial charge on any atom is 0.268 e. The number of rotatable bonds is 1. The molecule has 1 aliphatic heterocycles. The average Bonchev–Trinajstić information content (AvgIpc) is 2.73. The van der Waals surface area contributed by atoms with Crippen LogP contribution in [-0.2, 0) is 9.59 Å². The Morgan fingerprint density at radius 1 is 1.21 bits per heavy atom. The summed E-state index contributed by atoms with van der Waals surface area (Å²) < 4.78 is 3.58. The standard InChI is InChI=1S/C6H11N3O.C5H9NO.C3H9N3Si/c1-6(2,3)9-5(10)4-7-8-9;1-5(2,3)6-4-7;1-7(2,3)6-5-4/h4H2,1-3H3;2*1-3H3. The van der Waals surface area contributed by atoms with Crippen LogP contribution in [0.4, 0.5) is 0 Å². The molecule has 0 saturated carbocycles. The van der Waals surface area contributed by atoms with Crippen LogP contribution in [0, 0.1) is 0 Å². The minimum Gasteiger partial charge on any atom is -0.271 e. The summed E-state index contributed by atoms with van der Waals surface area (Å²) in [5, 5.41) is 8.72. The number of hydrogen-bond acceptors (Lipinski definition) is 6. The van der Waals surface area contributed by atoms with Crippen LogP contribution in [-0.4, -0.2) is 42.9 Å². The molecule has 10 heteroatoms. The van der Waals surface area contributed by atoms with Crippen LogP contribution in [0.3, 0.4) is 0 Å². The third-order valence-electron chi connectivity index (χ3n) is 1.96. The fraction of sp³-hybridized carbons (Fsp3) is 0.857. The summed E-state index contributed by atoms with van der Waals surface area (Å²) in [5.74, 6) is -0.0208. The summed E-state index contributed by atoms with van der Waals surface area (Å²) in [6.07, 6.45) is 1.48. The van der Waals surface area contributed by atoms with Gasteiger partial charge in [-0.05, 0) is 52.0 Å². The molecule has 0 aliphatic carbocycles. The van der Waals surface area contributed by atoms with E-state index >= 15 is 0 Å². The topological polar surface area (TPSA) is 123 Å². The zero-order chi connectivity index (χ0) is 19.6. The molecular weight excluding hydrogens is 326 g/mol. The first-order chi connectivity index (χ1) is 10.6. The Balaban J connectivity index is 0. The highest BCUT2D eigenvalue weighted by atomic mass is 28.3. The van der Waals surface area contributed by atoms with Gasteiger partial charge in [0.1, 0.15) is 14.8 Å². The van der Waals surface area contributed by atoms with Crippen LogP contribution in [0.5, 0.6) is 0 Å². The van der Waals surface area contributed by atoms with E-state index in [0.29, 0.717) is 0 Å². The lowest BCUT2D eigenvalue weighted by molar-refractivity contribution is -0.132. The van der Waals surface area contributed by atoms with Crippen molar-refractivity contribution in [1.82, 2.24) is 5.01 Å². The summed E-state index contributed by atoms with van der Waals surface area (Å²) in [4.78, 5) is 26.6. The molecule has 0 atom stereocenters. The second-order valence-electron chi connectivity index (χ2n) is 8.00. The molecular formula is C14H29N7O2Si. The van der Waals surface area contributed by atoms with Gasteiger partial charge in [0.05, 0.1) is 11.1 Å². The quantitative estimate of drug-likeness (QED) is 0.174. The van der Waals surface area contributed by atoms with Crippen LogP contribution in [0.1, 0.15) is 41.5 Å². The minimum atomic E-state index is -1.45. The maximum absolute atomic E-state index is 11.0. The van der Waals surface area contributed by atoms with E-state index in [4.69, 9.17) is 5.53 Å². The van der Waals surface area contributed by atoms with Crippen molar-refractivity contribution in [3.05, 3.63) is 10.4 Å². The number of hydrogen-bond donors (Lipinski definition) is 0. The van der Waals surface area contributed by atoms with Gasteiger partial charge in [-0.1, -0.05) is 24.9 Å². The van der Waals surface area contributed by atoms with Gasteiger partial charge >= 0.3 is 0 Å². The van der Waals surface area contributed by atoms with E-state index in [1.54, 1.807) is 0 Å². The Bertz CT molecular complexity index is 501. The molecule has 1 aliphatic rings. The molecule has 0 aromatic carbocycles. The van der Waals surface area contributed by atoms with E-state index < -0.39 is 8.24 Å². The van der Waals surface area contributed by atoms with Gasteiger partial charge in [0, 0.05) is 0 Å². The van der Waals surface area contributed by atoms with Crippen molar-refractivity contribution in [2.75, 3.05) is 6.54 Å². The van der Waals surface area contributed by atoms with Crippen LogP contribution >= 0.6 is 0 Å². The van der Waals surface area contributed by atoms with Crippen molar-refractivity contribution in [1.29, 1.82) is 0 Å². The number of amides is 1. The molecule has 1 amide bonds. The van der Waals surface area contributed by atoms with E-state index in [0.717, 1.165) is 0 Å². The first kappa shape index (κ1) is 24.2. The molecule has 9 nitrogen and oxygen atoms in total. The third-order valence-corrected chi connectivity index (χ3v) is 2.65. The molecule has 0 aromatic rings. The van der Waals surface area contributed by atoms with Crippen molar-refractivity contribution in [2.24, 2.45) is 20.1 Å². The number of azide groups is 1.